The average Bonchev–Trinajstić information content (AvgIpc) is 2.44. The maximum atomic E-state index is 10.1. The summed E-state index contributed by atoms with van der Waals surface area (Å²) >= 11 is 0. The van der Waals surface area contributed by atoms with E-state index in [1.807, 2.05) is 13.8 Å². The molecule has 13 nitrogen and oxygen atoms in total. The fraction of sp³-hybridized carbons (Fsp3) is 0.706. The van der Waals surface area contributed by atoms with Crippen LogP contribution in [0.2, 0.25) is 0 Å². The Morgan fingerprint density at radius 1 is 0.633 bits per heavy atom. The number of hydrogen-bond donors (Lipinski definition) is 8. The second kappa shape index (κ2) is 37.0. The molecule has 0 aliphatic carbocycles. The Bertz CT molecular complexity index is 364. The first-order chi connectivity index (χ1) is 13.5. The third kappa shape index (κ3) is 542. The summed E-state index contributed by atoms with van der Waals surface area (Å²) in [5.74, 6) is -1.30. The third-order valence-corrected chi connectivity index (χ3v) is 1.13. The lowest BCUT2D eigenvalue weighted by atomic mass is 10.4. The fourth-order valence-corrected chi connectivity index (χ4v) is 0.736. The van der Waals surface area contributed by atoms with Gasteiger partial charge in [-0.1, -0.05) is 0 Å². The van der Waals surface area contributed by atoms with Crippen molar-refractivity contribution < 1.29 is 24.0 Å². The maximum absolute atomic E-state index is 10.1. The van der Waals surface area contributed by atoms with E-state index in [0.29, 0.717) is 13.1 Å². The minimum absolute atomic E-state index is 0.0370. The number of nitrogens with one attached hydrogen (secondary N) is 2. The highest BCUT2D eigenvalue weighted by Gasteiger charge is 1.91. The second-order valence-corrected chi connectivity index (χ2v) is 5.63. The van der Waals surface area contributed by atoms with Gasteiger partial charge in [-0.05, 0) is 13.8 Å². The van der Waals surface area contributed by atoms with Crippen molar-refractivity contribution >= 4 is 29.5 Å². The van der Waals surface area contributed by atoms with Crippen LogP contribution in [0.5, 0.6) is 0 Å². The Hall–Kier alpha value is -2.77. The average molecular weight is 441 g/mol. The summed E-state index contributed by atoms with van der Waals surface area (Å²) in [6.07, 6.45) is 0. The predicted octanol–water partition coefficient (Wildman–Crippen LogP) is -3.01. The van der Waals surface area contributed by atoms with Gasteiger partial charge in [0, 0.05) is 66.8 Å². The van der Waals surface area contributed by atoms with Crippen LogP contribution in [-0.2, 0) is 24.0 Å². The Kier molecular flexibility index (Phi) is 51.3. The molecule has 0 aromatic heterocycles. The first-order valence-corrected chi connectivity index (χ1v) is 8.89. The van der Waals surface area contributed by atoms with E-state index in [0.717, 1.165) is 13.1 Å². The number of amides is 5. The van der Waals surface area contributed by atoms with Gasteiger partial charge in [0.1, 0.15) is 0 Å². The largest absolute Gasteiger partial charge is 0.370 e. The van der Waals surface area contributed by atoms with Crippen LogP contribution < -0.4 is 45.0 Å². The highest BCUT2D eigenvalue weighted by atomic mass is 16.2. The number of rotatable bonds is 5. The summed E-state index contributed by atoms with van der Waals surface area (Å²) in [6.45, 7) is 13.7. The molecule has 0 aromatic rings. The van der Waals surface area contributed by atoms with E-state index >= 15 is 0 Å². The highest BCUT2D eigenvalue weighted by Crippen LogP contribution is 1.72. The van der Waals surface area contributed by atoms with Crippen LogP contribution >= 0.6 is 0 Å². The van der Waals surface area contributed by atoms with Crippen LogP contribution in [0, 0.1) is 0 Å². The van der Waals surface area contributed by atoms with Gasteiger partial charge in [0.05, 0.1) is 0 Å². The third-order valence-electron chi connectivity index (χ3n) is 1.13. The number of carbonyl (C=O) groups excluding carboxylic acids is 5. The topological polar surface area (TPSA) is 266 Å². The molecule has 0 aliphatic rings. The number of nitrogens with two attached hydrogens (primary N) is 6. The molecule has 0 bridgehead atoms. The fourth-order valence-electron chi connectivity index (χ4n) is 0.736. The van der Waals surface area contributed by atoms with Gasteiger partial charge in [-0.2, -0.15) is 0 Å². The smallest absolute Gasteiger partial charge is 0.217 e. The van der Waals surface area contributed by atoms with E-state index in [1.54, 1.807) is 0 Å². The van der Waals surface area contributed by atoms with Crippen molar-refractivity contribution in [2.45, 2.75) is 54.5 Å². The Labute approximate surface area is 180 Å². The predicted molar refractivity (Wildman–Crippen MR) is 119 cm³/mol. The van der Waals surface area contributed by atoms with Crippen molar-refractivity contribution in [2.24, 2.45) is 34.4 Å². The van der Waals surface area contributed by atoms with E-state index in [4.69, 9.17) is 11.5 Å². The molecule has 5 amide bonds. The van der Waals surface area contributed by atoms with Crippen LogP contribution in [0.3, 0.4) is 0 Å². The molecule has 30 heavy (non-hydrogen) atoms. The molecule has 182 valence electrons. The molecular formula is C17H44N8O5. The molecule has 14 N–H and O–H groups in total. The Balaban J connectivity index is -0.0000000590. The van der Waals surface area contributed by atoms with E-state index in [1.165, 1.54) is 34.6 Å². The molecule has 0 aliphatic heterocycles. The standard InChI is InChI=1S/C5H11NO.C4H13N3.4C2H5NO/c1-4(2)6-5(3)7;5-1-3-7-4-2-6;4*1-2(3)4/h4H,1-3H3,(H,6,7);7H,1-6H2;4*1H3,(H2,3,4). The van der Waals surface area contributed by atoms with Crippen LogP contribution in [-0.4, -0.2) is 61.8 Å². The van der Waals surface area contributed by atoms with Crippen molar-refractivity contribution in [3.63, 3.8) is 0 Å². The minimum atomic E-state index is -0.333. The van der Waals surface area contributed by atoms with E-state index in [-0.39, 0.29) is 35.6 Å². The highest BCUT2D eigenvalue weighted by molar-refractivity contribution is 5.73. The normalized spacial score (nSPS) is 7.67. The lowest BCUT2D eigenvalue weighted by Gasteiger charge is -2.02. The van der Waals surface area contributed by atoms with Gasteiger partial charge in [-0.25, -0.2) is 0 Å². The molecule has 0 unspecified atom stereocenters. The monoisotopic (exact) mass is 440 g/mol. The molecule has 0 rings (SSSR count). The molecule has 0 atom stereocenters. The van der Waals surface area contributed by atoms with E-state index in [9.17, 15) is 24.0 Å². The number of carbonyl (C=O) groups is 5. The lowest BCUT2D eigenvalue weighted by Crippen LogP contribution is -2.27. The van der Waals surface area contributed by atoms with Crippen molar-refractivity contribution in [1.29, 1.82) is 0 Å². The van der Waals surface area contributed by atoms with Gasteiger partial charge in [0.2, 0.25) is 29.5 Å². The van der Waals surface area contributed by atoms with Crippen molar-refractivity contribution in [1.82, 2.24) is 10.6 Å². The van der Waals surface area contributed by atoms with E-state index < -0.39 is 0 Å². The van der Waals surface area contributed by atoms with Crippen molar-refractivity contribution in [3.05, 3.63) is 0 Å². The van der Waals surface area contributed by atoms with Crippen molar-refractivity contribution in [3.8, 4) is 0 Å². The molecule has 0 radical (unpaired) electrons. The van der Waals surface area contributed by atoms with E-state index in [2.05, 4.69) is 33.6 Å². The SMILES string of the molecule is CC(=O)NC(C)C.CC(N)=O.CC(N)=O.CC(N)=O.CC(N)=O.NCCNCCN. The number of primary amides is 4. The molecular weight excluding hydrogens is 396 g/mol. The lowest BCUT2D eigenvalue weighted by molar-refractivity contribution is -0.119. The summed E-state index contributed by atoms with van der Waals surface area (Å²) in [4.78, 5) is 47.0. The summed E-state index contributed by atoms with van der Waals surface area (Å²) in [5, 5.41) is 5.70. The van der Waals surface area contributed by atoms with Crippen LogP contribution in [0.15, 0.2) is 0 Å². The Morgan fingerprint density at radius 3 is 0.900 bits per heavy atom. The van der Waals surface area contributed by atoms with Gasteiger partial charge in [-0.15, -0.1) is 0 Å². The summed E-state index contributed by atoms with van der Waals surface area (Å²) in [5.41, 5.74) is 28.2. The first-order valence-electron chi connectivity index (χ1n) is 8.89. The zero-order valence-electron chi connectivity index (χ0n) is 19.4. The zero-order chi connectivity index (χ0) is 25.7. The van der Waals surface area contributed by atoms with Crippen LogP contribution in [0.25, 0.3) is 0 Å². The van der Waals surface area contributed by atoms with Gasteiger partial charge >= 0.3 is 0 Å². The molecule has 0 spiro atoms. The summed E-state index contributed by atoms with van der Waals surface area (Å²) in [7, 11) is 0. The van der Waals surface area contributed by atoms with Crippen LogP contribution in [0.1, 0.15) is 48.5 Å². The number of hydrogen-bond acceptors (Lipinski definition) is 8. The molecule has 0 heterocycles. The van der Waals surface area contributed by atoms with Gasteiger partial charge in [-0.3, -0.25) is 24.0 Å². The molecule has 0 aromatic carbocycles. The molecule has 13 heteroatoms. The zero-order valence-corrected chi connectivity index (χ0v) is 19.4. The first kappa shape index (κ1) is 41.6. The van der Waals surface area contributed by atoms with Gasteiger partial charge in [0.15, 0.2) is 0 Å². The Morgan fingerprint density at radius 2 is 0.833 bits per heavy atom. The summed E-state index contributed by atoms with van der Waals surface area (Å²) < 4.78 is 0. The van der Waals surface area contributed by atoms with Crippen molar-refractivity contribution in [2.75, 3.05) is 26.2 Å². The van der Waals surface area contributed by atoms with Gasteiger partial charge < -0.3 is 45.0 Å². The molecule has 0 saturated carbocycles. The summed E-state index contributed by atoms with van der Waals surface area (Å²) in [6, 6.07) is 0.275. The van der Waals surface area contributed by atoms with Gasteiger partial charge in [0.25, 0.3) is 0 Å². The quantitative estimate of drug-likeness (QED) is 0.203. The molecule has 0 fully saturated rings. The van der Waals surface area contributed by atoms with Crippen LogP contribution in [0.4, 0.5) is 0 Å². The maximum Gasteiger partial charge on any atom is 0.217 e. The minimum Gasteiger partial charge on any atom is -0.370 e. The second-order valence-electron chi connectivity index (χ2n) is 5.63. The molecule has 0 saturated heterocycles.